The first kappa shape index (κ1) is 14.3. The number of methoxy groups -OCH3 is 1. The summed E-state index contributed by atoms with van der Waals surface area (Å²) in [5.41, 5.74) is -1.39. The first-order valence-electron chi connectivity index (χ1n) is 7.03. The number of hydrogen-bond donors (Lipinski definition) is 1. The molecule has 0 aromatic carbocycles. The summed E-state index contributed by atoms with van der Waals surface area (Å²) in [6.07, 6.45) is 5.47. The number of ether oxygens (including phenoxy) is 1. The van der Waals surface area contributed by atoms with Gasteiger partial charge in [0.1, 0.15) is 5.54 Å². The summed E-state index contributed by atoms with van der Waals surface area (Å²) in [6, 6.07) is 0. The second-order valence-electron chi connectivity index (χ2n) is 6.00. The van der Waals surface area contributed by atoms with Crippen LogP contribution in [0.1, 0.15) is 51.9 Å². The van der Waals surface area contributed by atoms with Gasteiger partial charge in [-0.25, -0.2) is 4.79 Å². The average molecular weight is 269 g/mol. The molecule has 1 atom stereocenters. The lowest BCUT2D eigenvalue weighted by Gasteiger charge is -2.45. The summed E-state index contributed by atoms with van der Waals surface area (Å²) in [4.78, 5) is 25.5. The number of amides is 1. The fourth-order valence-electron chi connectivity index (χ4n) is 3.14. The van der Waals surface area contributed by atoms with Crippen molar-refractivity contribution in [3.05, 3.63) is 0 Å². The average Bonchev–Trinajstić information content (AvgIpc) is 2.34. The summed E-state index contributed by atoms with van der Waals surface area (Å²) in [5.74, 6) is -0.980. The summed E-state index contributed by atoms with van der Waals surface area (Å²) < 4.78 is 5.47. The van der Waals surface area contributed by atoms with E-state index in [2.05, 4.69) is 0 Å². The zero-order chi connectivity index (χ0) is 14.1. The molecule has 1 aliphatic heterocycles. The molecule has 2 aliphatic rings. The predicted molar refractivity (Wildman–Crippen MR) is 69.8 cm³/mol. The van der Waals surface area contributed by atoms with E-state index in [4.69, 9.17) is 4.74 Å². The van der Waals surface area contributed by atoms with E-state index < -0.39 is 11.5 Å². The van der Waals surface area contributed by atoms with Crippen molar-refractivity contribution in [3.63, 3.8) is 0 Å². The Morgan fingerprint density at radius 3 is 2.37 bits per heavy atom. The SMILES string of the molecule is COC1(CC(=O)N2CCCCC2(C)C(=O)O)CCC1. The molecule has 5 heteroatoms. The summed E-state index contributed by atoms with van der Waals surface area (Å²) in [7, 11) is 1.64. The number of nitrogens with zero attached hydrogens (tertiary/aromatic N) is 1. The van der Waals surface area contributed by atoms with E-state index in [9.17, 15) is 14.7 Å². The number of aliphatic carboxylic acids is 1. The van der Waals surface area contributed by atoms with Crippen molar-refractivity contribution in [2.45, 2.75) is 63.0 Å². The number of carboxylic acid groups (broad SMARTS) is 1. The van der Waals surface area contributed by atoms with Crippen molar-refractivity contribution < 1.29 is 19.4 Å². The molecule has 1 N–H and O–H groups in total. The fraction of sp³-hybridized carbons (Fsp3) is 0.857. The van der Waals surface area contributed by atoms with Gasteiger partial charge in [0, 0.05) is 13.7 Å². The van der Waals surface area contributed by atoms with Crippen LogP contribution in [0.4, 0.5) is 0 Å². The smallest absolute Gasteiger partial charge is 0.329 e. The minimum Gasteiger partial charge on any atom is -0.480 e. The van der Waals surface area contributed by atoms with Gasteiger partial charge in [-0.05, 0) is 45.4 Å². The Balaban J connectivity index is 2.10. The van der Waals surface area contributed by atoms with E-state index in [0.29, 0.717) is 19.4 Å². The van der Waals surface area contributed by atoms with Crippen LogP contribution in [0.15, 0.2) is 0 Å². The highest BCUT2D eigenvalue weighted by Crippen LogP contribution is 2.39. The molecule has 1 amide bonds. The molecule has 0 aromatic rings. The second-order valence-corrected chi connectivity index (χ2v) is 6.00. The molecule has 0 aromatic heterocycles. The van der Waals surface area contributed by atoms with Crippen LogP contribution in [0.5, 0.6) is 0 Å². The van der Waals surface area contributed by atoms with Crippen LogP contribution in [0.25, 0.3) is 0 Å². The lowest BCUT2D eigenvalue weighted by Crippen LogP contribution is -2.59. The monoisotopic (exact) mass is 269 g/mol. The van der Waals surface area contributed by atoms with Gasteiger partial charge < -0.3 is 14.7 Å². The maximum absolute atomic E-state index is 12.5. The number of carboxylic acids is 1. The lowest BCUT2D eigenvalue weighted by molar-refractivity contribution is -0.166. The van der Waals surface area contributed by atoms with Crippen molar-refractivity contribution >= 4 is 11.9 Å². The van der Waals surface area contributed by atoms with Crippen molar-refractivity contribution in [2.75, 3.05) is 13.7 Å². The second kappa shape index (κ2) is 5.12. The third-order valence-corrected chi connectivity index (χ3v) is 4.82. The van der Waals surface area contributed by atoms with E-state index in [1.165, 1.54) is 0 Å². The van der Waals surface area contributed by atoms with Crippen LogP contribution >= 0.6 is 0 Å². The number of likely N-dealkylation sites (tertiary alicyclic amines) is 1. The van der Waals surface area contributed by atoms with E-state index in [-0.39, 0.29) is 11.5 Å². The minimum atomic E-state index is -1.05. The Morgan fingerprint density at radius 2 is 1.89 bits per heavy atom. The number of piperidine rings is 1. The lowest BCUT2D eigenvalue weighted by atomic mass is 9.76. The molecule has 0 radical (unpaired) electrons. The molecule has 5 nitrogen and oxygen atoms in total. The third-order valence-electron chi connectivity index (χ3n) is 4.82. The highest BCUT2D eigenvalue weighted by Gasteiger charge is 2.47. The topological polar surface area (TPSA) is 66.8 Å². The van der Waals surface area contributed by atoms with Crippen molar-refractivity contribution in [1.29, 1.82) is 0 Å². The molecule has 19 heavy (non-hydrogen) atoms. The molecule has 2 fully saturated rings. The zero-order valence-electron chi connectivity index (χ0n) is 11.8. The quantitative estimate of drug-likeness (QED) is 0.845. The summed E-state index contributed by atoms with van der Waals surface area (Å²) in [6.45, 7) is 2.20. The minimum absolute atomic E-state index is 0.0776. The van der Waals surface area contributed by atoms with E-state index in [1.54, 1.807) is 18.9 Å². The van der Waals surface area contributed by atoms with E-state index in [1.807, 2.05) is 0 Å². The molecule has 108 valence electrons. The van der Waals surface area contributed by atoms with Gasteiger partial charge in [-0.3, -0.25) is 4.79 Å². The van der Waals surface area contributed by atoms with Gasteiger partial charge >= 0.3 is 5.97 Å². The van der Waals surface area contributed by atoms with Gasteiger partial charge in [-0.1, -0.05) is 0 Å². The molecule has 1 heterocycles. The number of rotatable bonds is 4. The van der Waals surface area contributed by atoms with Gasteiger partial charge in [0.2, 0.25) is 5.91 Å². The molecule has 0 spiro atoms. The Kier molecular flexibility index (Phi) is 3.85. The van der Waals surface area contributed by atoms with Crippen LogP contribution in [-0.4, -0.2) is 46.7 Å². The molecule has 1 saturated heterocycles. The highest BCUT2D eigenvalue weighted by molar-refractivity contribution is 5.87. The Morgan fingerprint density at radius 1 is 1.21 bits per heavy atom. The third kappa shape index (κ3) is 2.48. The van der Waals surface area contributed by atoms with E-state index >= 15 is 0 Å². The fourth-order valence-corrected chi connectivity index (χ4v) is 3.14. The Labute approximate surface area is 113 Å². The molecule has 1 aliphatic carbocycles. The Bertz CT molecular complexity index is 372. The zero-order valence-corrected chi connectivity index (χ0v) is 11.8. The maximum atomic E-state index is 12.5. The van der Waals surface area contributed by atoms with Gasteiger partial charge in [0.25, 0.3) is 0 Å². The summed E-state index contributed by atoms with van der Waals surface area (Å²) in [5, 5.41) is 9.42. The number of carbonyl (C=O) groups excluding carboxylic acids is 1. The van der Waals surface area contributed by atoms with Gasteiger partial charge in [0.15, 0.2) is 0 Å². The molecule has 2 rings (SSSR count). The molecular formula is C14H23NO4. The van der Waals surface area contributed by atoms with Crippen LogP contribution < -0.4 is 0 Å². The van der Waals surface area contributed by atoms with Crippen molar-refractivity contribution in [2.24, 2.45) is 0 Å². The number of carbonyl (C=O) groups is 2. The van der Waals surface area contributed by atoms with E-state index in [0.717, 1.165) is 32.1 Å². The van der Waals surface area contributed by atoms with Crippen LogP contribution in [0, 0.1) is 0 Å². The number of hydrogen-bond acceptors (Lipinski definition) is 3. The van der Waals surface area contributed by atoms with Crippen LogP contribution in [-0.2, 0) is 14.3 Å². The summed E-state index contributed by atoms with van der Waals surface area (Å²) >= 11 is 0. The van der Waals surface area contributed by atoms with Gasteiger partial charge in [-0.2, -0.15) is 0 Å². The molecular weight excluding hydrogens is 246 g/mol. The molecule has 1 unspecified atom stereocenters. The van der Waals surface area contributed by atoms with Crippen LogP contribution in [0.2, 0.25) is 0 Å². The maximum Gasteiger partial charge on any atom is 0.329 e. The van der Waals surface area contributed by atoms with Crippen molar-refractivity contribution in [1.82, 2.24) is 4.90 Å². The first-order valence-corrected chi connectivity index (χ1v) is 7.03. The highest BCUT2D eigenvalue weighted by atomic mass is 16.5. The standard InChI is InChI=1S/C14H23NO4/c1-13(12(17)18)6-3-4-9-15(13)11(16)10-14(19-2)7-5-8-14/h3-10H2,1-2H3,(H,17,18). The Hall–Kier alpha value is -1.10. The van der Waals surface area contributed by atoms with Gasteiger partial charge in [0.05, 0.1) is 12.0 Å². The first-order chi connectivity index (χ1) is 8.93. The molecule has 1 saturated carbocycles. The predicted octanol–water partition coefficient (Wildman–Crippen LogP) is 1.80. The normalized spacial score (nSPS) is 29.7. The largest absolute Gasteiger partial charge is 0.480 e. The molecule has 0 bridgehead atoms. The van der Waals surface area contributed by atoms with Crippen molar-refractivity contribution in [3.8, 4) is 0 Å². The van der Waals surface area contributed by atoms with Crippen LogP contribution in [0.3, 0.4) is 0 Å². The van der Waals surface area contributed by atoms with Gasteiger partial charge in [-0.15, -0.1) is 0 Å².